The van der Waals surface area contributed by atoms with E-state index in [0.717, 1.165) is 37.2 Å². The van der Waals surface area contributed by atoms with Crippen LogP contribution in [-0.2, 0) is 0 Å². The fourth-order valence-electron chi connectivity index (χ4n) is 5.38. The molecule has 0 saturated carbocycles. The van der Waals surface area contributed by atoms with Gasteiger partial charge in [0, 0.05) is 20.2 Å². The molecule has 0 unspecified atom stereocenters. The first-order chi connectivity index (χ1) is 16.7. The Morgan fingerprint density at radius 3 is 1.79 bits per heavy atom. The minimum absolute atomic E-state index is 0.167. The van der Waals surface area contributed by atoms with E-state index in [2.05, 4.69) is 48.5 Å². The van der Waals surface area contributed by atoms with Crippen LogP contribution in [0.1, 0.15) is 0 Å². The van der Waals surface area contributed by atoms with Crippen LogP contribution in [0, 0.1) is 10.1 Å². The molecular weight excluding hydrogens is 438 g/mol. The summed E-state index contributed by atoms with van der Waals surface area (Å²) in [5, 5.41) is 20.7. The summed E-state index contributed by atoms with van der Waals surface area (Å²) < 4.78 is 2.36. The lowest BCUT2D eigenvalue weighted by Gasteiger charge is -2.15. The van der Waals surface area contributed by atoms with Crippen molar-refractivity contribution in [3.05, 3.63) is 113 Å². The van der Waals surface area contributed by atoms with Crippen molar-refractivity contribution < 1.29 is 4.92 Å². The van der Waals surface area contributed by atoms with Gasteiger partial charge in [-0.3, -0.25) is 10.1 Å². The Hall–Kier alpha value is -4.28. The number of nitro groups is 1. The number of fused-ring (bicyclic) bond motifs is 8. The van der Waals surface area contributed by atoms with Crippen LogP contribution in [0.15, 0.2) is 103 Å². The number of nitrogens with zero attached hydrogens (tertiary/aromatic N) is 1. The second kappa shape index (κ2) is 7.11. The van der Waals surface area contributed by atoms with E-state index >= 15 is 0 Å². The van der Waals surface area contributed by atoms with Crippen LogP contribution in [0.4, 0.5) is 5.69 Å². The zero-order valence-electron chi connectivity index (χ0n) is 18.0. The van der Waals surface area contributed by atoms with Gasteiger partial charge in [-0.2, -0.15) is 0 Å². The summed E-state index contributed by atoms with van der Waals surface area (Å²) in [6.07, 6.45) is 0. The third-order valence-electron chi connectivity index (χ3n) is 6.74. The largest absolute Gasteiger partial charge is 0.285 e. The Morgan fingerprint density at radius 1 is 0.559 bits per heavy atom. The van der Waals surface area contributed by atoms with Crippen LogP contribution >= 0.6 is 11.3 Å². The Labute approximate surface area is 198 Å². The Balaban J connectivity index is 1.76. The molecule has 1 aromatic heterocycles. The maximum atomic E-state index is 12.6. The average Bonchev–Trinajstić information content (AvgIpc) is 3.26. The number of thiophene rings is 1. The molecule has 0 bridgehead atoms. The highest BCUT2D eigenvalue weighted by atomic mass is 32.1. The van der Waals surface area contributed by atoms with E-state index in [0.29, 0.717) is 10.9 Å². The first kappa shape index (κ1) is 19.2. The predicted molar refractivity (Wildman–Crippen MR) is 144 cm³/mol. The summed E-state index contributed by atoms with van der Waals surface area (Å²) >= 11 is 1.74. The van der Waals surface area contributed by atoms with Gasteiger partial charge < -0.3 is 0 Å². The summed E-state index contributed by atoms with van der Waals surface area (Å²) in [4.78, 5) is 12.4. The number of benzene rings is 6. The van der Waals surface area contributed by atoms with E-state index in [4.69, 9.17) is 0 Å². The summed E-state index contributed by atoms with van der Waals surface area (Å²) in [7, 11) is 0. The predicted octanol–water partition coefficient (Wildman–Crippen LogP) is 9.09. The van der Waals surface area contributed by atoms with E-state index in [1.54, 1.807) is 11.3 Å². The molecule has 3 nitrogen and oxygen atoms in total. The molecule has 0 aliphatic rings. The quantitative estimate of drug-likeness (QED) is 0.148. The monoisotopic (exact) mass is 455 g/mol. The van der Waals surface area contributed by atoms with E-state index in [-0.39, 0.29) is 10.6 Å². The average molecular weight is 456 g/mol. The zero-order valence-corrected chi connectivity index (χ0v) is 18.8. The molecule has 0 amide bonds. The Kier molecular flexibility index (Phi) is 4.02. The van der Waals surface area contributed by atoms with Crippen molar-refractivity contribution >= 4 is 69.5 Å². The first-order valence-corrected chi connectivity index (χ1v) is 12.0. The lowest BCUT2D eigenvalue weighted by molar-refractivity contribution is -0.382. The van der Waals surface area contributed by atoms with Crippen LogP contribution in [0.5, 0.6) is 0 Å². The SMILES string of the molecule is O=[N+]([O-])c1c(-c2cc3sc4ccccc4c3c3ccccc23)c2ccccc2c2ccccc12. The third-order valence-corrected chi connectivity index (χ3v) is 7.86. The number of rotatable bonds is 2. The summed E-state index contributed by atoms with van der Waals surface area (Å²) in [5.41, 5.74) is 1.76. The van der Waals surface area contributed by atoms with Gasteiger partial charge in [-0.1, -0.05) is 84.9 Å². The van der Waals surface area contributed by atoms with Crippen LogP contribution in [0.2, 0.25) is 0 Å². The molecule has 0 N–H and O–H groups in total. The number of nitro benzene ring substituents is 1. The van der Waals surface area contributed by atoms with Crippen molar-refractivity contribution in [2.75, 3.05) is 0 Å². The number of hydrogen-bond acceptors (Lipinski definition) is 3. The fraction of sp³-hybridized carbons (Fsp3) is 0. The van der Waals surface area contributed by atoms with Crippen molar-refractivity contribution in [2.45, 2.75) is 0 Å². The molecule has 0 radical (unpaired) electrons. The van der Waals surface area contributed by atoms with Gasteiger partial charge in [0.1, 0.15) is 0 Å². The van der Waals surface area contributed by atoms with Crippen LogP contribution in [0.3, 0.4) is 0 Å². The molecule has 6 aromatic carbocycles. The van der Waals surface area contributed by atoms with Gasteiger partial charge in [0.2, 0.25) is 0 Å². The summed E-state index contributed by atoms with van der Waals surface area (Å²) in [5.74, 6) is 0. The Bertz CT molecular complexity index is 1950. The van der Waals surface area contributed by atoms with Crippen molar-refractivity contribution in [1.82, 2.24) is 0 Å². The minimum Gasteiger partial charge on any atom is -0.258 e. The molecule has 0 aliphatic heterocycles. The van der Waals surface area contributed by atoms with Crippen molar-refractivity contribution in [3.63, 3.8) is 0 Å². The lowest BCUT2D eigenvalue weighted by Crippen LogP contribution is -1.96. The van der Waals surface area contributed by atoms with Crippen molar-refractivity contribution in [3.8, 4) is 11.1 Å². The van der Waals surface area contributed by atoms with Crippen molar-refractivity contribution in [2.24, 2.45) is 0 Å². The van der Waals surface area contributed by atoms with E-state index in [1.165, 1.54) is 15.5 Å². The topological polar surface area (TPSA) is 43.1 Å². The second-order valence-electron chi connectivity index (χ2n) is 8.51. The molecule has 0 fully saturated rings. The molecule has 160 valence electrons. The first-order valence-electron chi connectivity index (χ1n) is 11.1. The summed E-state index contributed by atoms with van der Waals surface area (Å²) in [6.45, 7) is 0. The minimum atomic E-state index is -0.214. The van der Waals surface area contributed by atoms with E-state index in [1.807, 2.05) is 54.6 Å². The van der Waals surface area contributed by atoms with E-state index < -0.39 is 0 Å². The van der Waals surface area contributed by atoms with Crippen LogP contribution < -0.4 is 0 Å². The van der Waals surface area contributed by atoms with Gasteiger partial charge in [0.05, 0.1) is 15.9 Å². The molecule has 1 heterocycles. The maximum absolute atomic E-state index is 12.6. The Morgan fingerprint density at radius 2 is 1.09 bits per heavy atom. The normalized spacial score (nSPS) is 11.8. The zero-order chi connectivity index (χ0) is 22.8. The summed E-state index contributed by atoms with van der Waals surface area (Å²) in [6, 6.07) is 34.6. The van der Waals surface area contributed by atoms with Gasteiger partial charge >= 0.3 is 0 Å². The van der Waals surface area contributed by atoms with Gasteiger partial charge in [-0.25, -0.2) is 0 Å². The van der Waals surface area contributed by atoms with Gasteiger partial charge in [-0.05, 0) is 50.7 Å². The van der Waals surface area contributed by atoms with Crippen LogP contribution in [0.25, 0.3) is 63.6 Å². The molecule has 4 heteroatoms. The second-order valence-corrected chi connectivity index (χ2v) is 9.60. The van der Waals surface area contributed by atoms with Crippen LogP contribution in [-0.4, -0.2) is 4.92 Å². The maximum Gasteiger partial charge on any atom is 0.285 e. The van der Waals surface area contributed by atoms with Gasteiger partial charge in [-0.15, -0.1) is 11.3 Å². The smallest absolute Gasteiger partial charge is 0.258 e. The third kappa shape index (κ3) is 2.57. The molecule has 0 saturated heterocycles. The molecule has 0 atom stereocenters. The molecule has 0 spiro atoms. The molecular formula is C30H17NO2S. The highest BCUT2D eigenvalue weighted by molar-refractivity contribution is 7.26. The van der Waals surface area contributed by atoms with E-state index in [9.17, 15) is 10.1 Å². The lowest BCUT2D eigenvalue weighted by atomic mass is 9.88. The highest BCUT2D eigenvalue weighted by Gasteiger charge is 2.26. The van der Waals surface area contributed by atoms with Gasteiger partial charge in [0.15, 0.2) is 0 Å². The standard InChI is InChI=1S/C30H17NO2S/c32-31(33)30-23-14-6-3-10-19(23)18-9-1-5-13-22(18)29(30)25-17-27-28(21-12-4-2-11-20(21)25)24-15-7-8-16-26(24)34-27/h1-17H. The highest BCUT2D eigenvalue weighted by Crippen LogP contribution is 2.48. The fourth-order valence-corrected chi connectivity index (χ4v) is 6.54. The molecule has 0 aliphatic carbocycles. The molecule has 34 heavy (non-hydrogen) atoms. The van der Waals surface area contributed by atoms with Gasteiger partial charge in [0.25, 0.3) is 5.69 Å². The molecule has 7 aromatic rings. The number of hydrogen-bond donors (Lipinski definition) is 0. The van der Waals surface area contributed by atoms with Crippen molar-refractivity contribution in [1.29, 1.82) is 0 Å². The molecule has 7 rings (SSSR count).